The largest absolute Gasteiger partial charge is 0.370 e. The van der Waals surface area contributed by atoms with Crippen LogP contribution in [0.25, 0.3) is 0 Å². The summed E-state index contributed by atoms with van der Waals surface area (Å²) in [5.41, 5.74) is 10.8. The molecule has 0 aliphatic heterocycles. The fourth-order valence-corrected chi connectivity index (χ4v) is 3.15. The Kier molecular flexibility index (Phi) is 6.28. The van der Waals surface area contributed by atoms with Crippen molar-refractivity contribution in [2.45, 2.75) is 37.5 Å². The number of nitrogens with zero attached hydrogens (tertiary/aromatic N) is 2. The molecule has 0 radical (unpaired) electrons. The van der Waals surface area contributed by atoms with E-state index in [0.717, 1.165) is 25.5 Å². The Balaban J connectivity index is 3.49. The van der Waals surface area contributed by atoms with Crippen molar-refractivity contribution in [2.24, 2.45) is 16.5 Å². The fourth-order valence-electron chi connectivity index (χ4n) is 2.18. The van der Waals surface area contributed by atoms with Gasteiger partial charge in [-0.3, -0.25) is 4.79 Å². The SMILES string of the molecule is CCCCCc1cc(C#N)c(C(=O)N=C(N)N)cc1S(C)(=O)=O. The number of nitriles is 1. The first-order chi connectivity index (χ1) is 10.7. The molecule has 0 atom stereocenters. The highest BCUT2D eigenvalue weighted by atomic mass is 32.2. The summed E-state index contributed by atoms with van der Waals surface area (Å²) >= 11 is 0. The Morgan fingerprint density at radius 2 is 1.96 bits per heavy atom. The third-order valence-corrected chi connectivity index (χ3v) is 4.41. The van der Waals surface area contributed by atoms with Crippen molar-refractivity contribution in [3.63, 3.8) is 0 Å². The number of guanidine groups is 1. The predicted molar refractivity (Wildman–Crippen MR) is 87.6 cm³/mol. The Hall–Kier alpha value is -2.40. The lowest BCUT2D eigenvalue weighted by molar-refractivity contribution is 0.100. The summed E-state index contributed by atoms with van der Waals surface area (Å²) in [4.78, 5) is 15.4. The summed E-state index contributed by atoms with van der Waals surface area (Å²) < 4.78 is 24.0. The van der Waals surface area contributed by atoms with E-state index in [1.165, 1.54) is 12.1 Å². The van der Waals surface area contributed by atoms with Crippen LogP contribution in [-0.2, 0) is 16.3 Å². The van der Waals surface area contributed by atoms with Crippen LogP contribution in [0.1, 0.15) is 47.7 Å². The van der Waals surface area contributed by atoms with Gasteiger partial charge in [0.15, 0.2) is 15.8 Å². The fraction of sp³-hybridized carbons (Fsp3) is 0.400. The van der Waals surface area contributed by atoms with Gasteiger partial charge in [-0.2, -0.15) is 10.3 Å². The standard InChI is InChI=1S/C15H20N4O3S/c1-3-4-5-6-10-7-11(9-16)12(14(20)19-15(17)18)8-13(10)23(2,21)22/h7-8H,3-6H2,1-2H3,(H4,17,18,19,20). The maximum Gasteiger partial charge on any atom is 0.281 e. The molecule has 0 saturated carbocycles. The molecule has 1 aromatic carbocycles. The molecule has 0 aromatic heterocycles. The molecular formula is C15H20N4O3S. The zero-order valence-electron chi connectivity index (χ0n) is 13.2. The third kappa shape index (κ3) is 5.07. The molecule has 0 saturated heterocycles. The summed E-state index contributed by atoms with van der Waals surface area (Å²) in [7, 11) is -3.55. The summed E-state index contributed by atoms with van der Waals surface area (Å²) in [6.07, 6.45) is 4.30. The minimum absolute atomic E-state index is 0.0294. The van der Waals surface area contributed by atoms with Crippen LogP contribution >= 0.6 is 0 Å². The molecule has 0 fully saturated rings. The van der Waals surface area contributed by atoms with E-state index in [4.69, 9.17) is 11.5 Å². The van der Waals surface area contributed by atoms with Gasteiger partial charge in [0.2, 0.25) is 0 Å². The normalized spacial score (nSPS) is 10.8. The van der Waals surface area contributed by atoms with Crippen LogP contribution in [0.2, 0.25) is 0 Å². The van der Waals surface area contributed by atoms with Crippen molar-refractivity contribution in [2.75, 3.05) is 6.26 Å². The number of unbranched alkanes of at least 4 members (excludes halogenated alkanes) is 2. The summed E-state index contributed by atoms with van der Waals surface area (Å²) in [6, 6.07) is 4.51. The van der Waals surface area contributed by atoms with Gasteiger partial charge in [-0.25, -0.2) is 8.42 Å². The quantitative estimate of drug-likeness (QED) is 0.453. The van der Waals surface area contributed by atoms with E-state index in [1.807, 2.05) is 13.0 Å². The molecule has 1 rings (SSSR count). The van der Waals surface area contributed by atoms with Gasteiger partial charge >= 0.3 is 0 Å². The molecule has 1 aromatic rings. The average Bonchev–Trinajstić information content (AvgIpc) is 2.44. The van der Waals surface area contributed by atoms with E-state index in [2.05, 4.69) is 4.99 Å². The Morgan fingerprint density at radius 3 is 2.43 bits per heavy atom. The summed E-state index contributed by atoms with van der Waals surface area (Å²) in [6.45, 7) is 2.04. The third-order valence-electron chi connectivity index (χ3n) is 3.23. The molecule has 4 N–H and O–H groups in total. The predicted octanol–water partition coefficient (Wildman–Crippen LogP) is 1.11. The second-order valence-corrected chi connectivity index (χ2v) is 7.17. The topological polar surface area (TPSA) is 139 Å². The Labute approximate surface area is 135 Å². The zero-order valence-corrected chi connectivity index (χ0v) is 14.0. The summed E-state index contributed by atoms with van der Waals surface area (Å²) in [5, 5.41) is 9.23. The van der Waals surface area contributed by atoms with Crippen LogP contribution in [-0.4, -0.2) is 26.5 Å². The number of hydrogen-bond donors (Lipinski definition) is 2. The average molecular weight is 336 g/mol. The minimum atomic E-state index is -3.55. The van der Waals surface area contributed by atoms with E-state index in [-0.39, 0.29) is 16.0 Å². The van der Waals surface area contributed by atoms with Gasteiger partial charge in [0.1, 0.15) is 0 Å². The molecule has 1 amide bonds. The van der Waals surface area contributed by atoms with Crippen molar-refractivity contribution < 1.29 is 13.2 Å². The lowest BCUT2D eigenvalue weighted by atomic mass is 10.0. The molecule has 0 aliphatic rings. The second kappa shape index (κ2) is 7.74. The highest BCUT2D eigenvalue weighted by molar-refractivity contribution is 7.90. The molecule has 7 nitrogen and oxygen atoms in total. The number of nitrogens with two attached hydrogens (primary N) is 2. The molecule has 0 heterocycles. The highest BCUT2D eigenvalue weighted by Crippen LogP contribution is 2.24. The van der Waals surface area contributed by atoms with E-state index in [9.17, 15) is 18.5 Å². The number of aryl methyl sites for hydroxylation is 1. The molecule has 0 aliphatic carbocycles. The van der Waals surface area contributed by atoms with Crippen LogP contribution in [0, 0.1) is 11.3 Å². The van der Waals surface area contributed by atoms with Crippen molar-refractivity contribution in [1.82, 2.24) is 0 Å². The highest BCUT2D eigenvalue weighted by Gasteiger charge is 2.20. The first-order valence-electron chi connectivity index (χ1n) is 7.11. The smallest absolute Gasteiger partial charge is 0.281 e. The van der Waals surface area contributed by atoms with E-state index >= 15 is 0 Å². The second-order valence-electron chi connectivity index (χ2n) is 5.19. The minimum Gasteiger partial charge on any atom is -0.370 e. The van der Waals surface area contributed by atoms with Crippen molar-refractivity contribution in [1.29, 1.82) is 5.26 Å². The maximum absolute atomic E-state index is 12.0. The molecule has 8 heteroatoms. The zero-order chi connectivity index (χ0) is 17.6. The molecule has 23 heavy (non-hydrogen) atoms. The first-order valence-corrected chi connectivity index (χ1v) is 9.00. The van der Waals surface area contributed by atoms with E-state index < -0.39 is 21.7 Å². The first kappa shape index (κ1) is 18.6. The number of benzene rings is 1. The number of sulfone groups is 1. The molecular weight excluding hydrogens is 316 g/mol. The van der Waals surface area contributed by atoms with E-state index in [0.29, 0.717) is 12.0 Å². The van der Waals surface area contributed by atoms with Gasteiger partial charge < -0.3 is 11.5 Å². The van der Waals surface area contributed by atoms with Crippen molar-refractivity contribution >= 4 is 21.7 Å². The van der Waals surface area contributed by atoms with Gasteiger partial charge in [-0.05, 0) is 30.5 Å². The number of carbonyl (C=O) groups is 1. The van der Waals surface area contributed by atoms with Gasteiger partial charge in [0, 0.05) is 6.26 Å². The van der Waals surface area contributed by atoms with Crippen molar-refractivity contribution in [3.05, 3.63) is 28.8 Å². The lowest BCUT2D eigenvalue weighted by Gasteiger charge is -2.11. The van der Waals surface area contributed by atoms with Crippen molar-refractivity contribution in [3.8, 4) is 6.07 Å². The number of carbonyl (C=O) groups excluding carboxylic acids is 1. The Bertz CT molecular complexity index is 773. The van der Waals surface area contributed by atoms with E-state index in [1.54, 1.807) is 0 Å². The monoisotopic (exact) mass is 336 g/mol. The number of hydrogen-bond acceptors (Lipinski definition) is 4. The molecule has 124 valence electrons. The Morgan fingerprint density at radius 1 is 1.30 bits per heavy atom. The van der Waals surface area contributed by atoms with Crippen LogP contribution in [0.15, 0.2) is 22.0 Å². The molecule has 0 unspecified atom stereocenters. The van der Waals surface area contributed by atoms with Gasteiger partial charge in [0.05, 0.1) is 22.1 Å². The molecule has 0 spiro atoms. The van der Waals surface area contributed by atoms with Crippen LogP contribution in [0.4, 0.5) is 0 Å². The number of amides is 1. The lowest BCUT2D eigenvalue weighted by Crippen LogP contribution is -2.24. The number of rotatable bonds is 6. The van der Waals surface area contributed by atoms with Crippen LogP contribution in [0.5, 0.6) is 0 Å². The molecule has 0 bridgehead atoms. The maximum atomic E-state index is 12.0. The van der Waals surface area contributed by atoms with Gasteiger partial charge in [-0.1, -0.05) is 19.8 Å². The van der Waals surface area contributed by atoms with Gasteiger partial charge in [0.25, 0.3) is 5.91 Å². The van der Waals surface area contributed by atoms with Crippen LogP contribution in [0.3, 0.4) is 0 Å². The summed E-state index contributed by atoms with van der Waals surface area (Å²) in [5.74, 6) is -1.29. The number of aliphatic imine (C=N–C) groups is 1. The van der Waals surface area contributed by atoms with Crippen LogP contribution < -0.4 is 11.5 Å². The van der Waals surface area contributed by atoms with Gasteiger partial charge in [-0.15, -0.1) is 0 Å².